The van der Waals surface area contributed by atoms with Crippen molar-refractivity contribution in [3.05, 3.63) is 51.8 Å². The van der Waals surface area contributed by atoms with Gasteiger partial charge in [0.05, 0.1) is 5.69 Å². The molecule has 2 atom stereocenters. The molecule has 2 N–H and O–H groups in total. The van der Waals surface area contributed by atoms with Crippen molar-refractivity contribution in [3.63, 3.8) is 0 Å². The number of aromatic amines is 1. The zero-order chi connectivity index (χ0) is 18.3. The molecule has 2 aliphatic rings. The first kappa shape index (κ1) is 16.9. The Kier molecular flexibility index (Phi) is 4.31. The molecule has 1 aromatic heterocycles. The number of anilines is 1. The van der Waals surface area contributed by atoms with Crippen molar-refractivity contribution in [2.75, 3.05) is 18.0 Å². The van der Waals surface area contributed by atoms with Crippen molar-refractivity contribution in [1.82, 2.24) is 4.98 Å². The number of carboxylic acid groups (broad SMARTS) is 1. The van der Waals surface area contributed by atoms with E-state index in [0.29, 0.717) is 12.1 Å². The van der Waals surface area contributed by atoms with Gasteiger partial charge in [-0.2, -0.15) is 0 Å². The van der Waals surface area contributed by atoms with Gasteiger partial charge in [-0.3, -0.25) is 4.79 Å². The van der Waals surface area contributed by atoms with Gasteiger partial charge >= 0.3 is 5.97 Å². The second-order valence-electron chi connectivity index (χ2n) is 7.47. The van der Waals surface area contributed by atoms with Gasteiger partial charge in [-0.1, -0.05) is 25.5 Å². The number of aromatic nitrogens is 1. The number of hydrogen-bond donors (Lipinski definition) is 2. The smallest absolute Gasteiger partial charge is 0.341 e. The van der Waals surface area contributed by atoms with E-state index in [0.717, 1.165) is 36.1 Å². The first-order chi connectivity index (χ1) is 12.6. The van der Waals surface area contributed by atoms with Crippen LogP contribution in [0, 0.1) is 11.8 Å². The van der Waals surface area contributed by atoms with Crippen LogP contribution in [0.25, 0.3) is 11.3 Å². The number of aromatic carboxylic acids is 1. The van der Waals surface area contributed by atoms with E-state index >= 15 is 0 Å². The van der Waals surface area contributed by atoms with Gasteiger partial charge in [0.2, 0.25) is 0 Å². The number of carbonyl (C=O) groups is 1. The standard InChI is InChI=1S/C21H24N2O3/c1-2-13-10-18(21(25)26)20(24)22-19(13)14-6-8-17(9-7-14)23-11-15-4-3-5-16(15)12-23/h6-10,15-16H,2-5,11-12H2,1H3,(H,22,24)(H,25,26)/t15-,16+. The van der Waals surface area contributed by atoms with Gasteiger partial charge in [-0.25, -0.2) is 4.79 Å². The molecule has 0 bridgehead atoms. The number of benzene rings is 1. The molecule has 1 aliphatic carbocycles. The Labute approximate surface area is 152 Å². The lowest BCUT2D eigenvalue weighted by atomic mass is 10.0. The highest BCUT2D eigenvalue weighted by atomic mass is 16.4. The quantitative estimate of drug-likeness (QED) is 0.883. The molecule has 0 spiro atoms. The summed E-state index contributed by atoms with van der Waals surface area (Å²) in [6, 6.07) is 9.76. The Hall–Kier alpha value is -2.56. The predicted molar refractivity (Wildman–Crippen MR) is 102 cm³/mol. The lowest BCUT2D eigenvalue weighted by Crippen LogP contribution is -2.20. The number of aryl methyl sites for hydroxylation is 1. The summed E-state index contributed by atoms with van der Waals surface area (Å²) in [5.41, 5.74) is 2.94. The number of nitrogens with one attached hydrogen (secondary N) is 1. The van der Waals surface area contributed by atoms with Crippen LogP contribution in [0.3, 0.4) is 0 Å². The van der Waals surface area contributed by atoms with E-state index < -0.39 is 11.5 Å². The lowest BCUT2D eigenvalue weighted by Gasteiger charge is -2.20. The molecule has 0 amide bonds. The average Bonchev–Trinajstić information content (AvgIpc) is 3.23. The van der Waals surface area contributed by atoms with E-state index in [9.17, 15) is 9.59 Å². The molecule has 1 saturated heterocycles. The summed E-state index contributed by atoms with van der Waals surface area (Å²) in [5, 5.41) is 9.15. The first-order valence-corrected chi connectivity index (χ1v) is 9.41. The first-order valence-electron chi connectivity index (χ1n) is 9.41. The third-order valence-electron chi connectivity index (χ3n) is 5.98. The third-order valence-corrected chi connectivity index (χ3v) is 5.98. The Balaban J connectivity index is 1.62. The van der Waals surface area contributed by atoms with E-state index in [2.05, 4.69) is 22.0 Å². The van der Waals surface area contributed by atoms with Crippen LogP contribution in [0.15, 0.2) is 35.1 Å². The van der Waals surface area contributed by atoms with Crippen LogP contribution < -0.4 is 10.5 Å². The van der Waals surface area contributed by atoms with E-state index in [1.165, 1.54) is 31.0 Å². The predicted octanol–water partition coefficient (Wildman–Crippen LogP) is 3.54. The summed E-state index contributed by atoms with van der Waals surface area (Å²) in [4.78, 5) is 28.5. The fourth-order valence-corrected chi connectivity index (χ4v) is 4.55. The monoisotopic (exact) mass is 352 g/mol. The summed E-state index contributed by atoms with van der Waals surface area (Å²) in [6.45, 7) is 4.25. The molecular weight excluding hydrogens is 328 g/mol. The topological polar surface area (TPSA) is 73.4 Å². The van der Waals surface area contributed by atoms with Crippen LogP contribution in [0.2, 0.25) is 0 Å². The van der Waals surface area contributed by atoms with Crippen LogP contribution in [-0.4, -0.2) is 29.1 Å². The number of nitrogens with zero attached hydrogens (tertiary/aromatic N) is 1. The summed E-state index contributed by atoms with van der Waals surface area (Å²) in [7, 11) is 0. The van der Waals surface area contributed by atoms with E-state index in [-0.39, 0.29) is 5.56 Å². The molecule has 1 aromatic carbocycles. The van der Waals surface area contributed by atoms with Gasteiger partial charge in [0.1, 0.15) is 5.56 Å². The highest BCUT2D eigenvalue weighted by Crippen LogP contribution is 2.39. The van der Waals surface area contributed by atoms with E-state index in [4.69, 9.17) is 5.11 Å². The molecule has 4 rings (SSSR count). The van der Waals surface area contributed by atoms with Gasteiger partial charge in [0.15, 0.2) is 0 Å². The SMILES string of the molecule is CCc1cc(C(=O)O)c(=O)[nH]c1-c1ccc(N2C[C@H]3CCC[C@H]3C2)cc1. The van der Waals surface area contributed by atoms with Crippen LogP contribution in [-0.2, 0) is 6.42 Å². The average molecular weight is 352 g/mol. The summed E-state index contributed by atoms with van der Waals surface area (Å²) in [5.74, 6) is 0.505. The number of pyridine rings is 1. The molecule has 1 saturated carbocycles. The van der Waals surface area contributed by atoms with Gasteiger partial charge in [-0.05, 0) is 60.4 Å². The minimum Gasteiger partial charge on any atom is -0.477 e. The van der Waals surface area contributed by atoms with Crippen molar-refractivity contribution < 1.29 is 9.90 Å². The Bertz CT molecular complexity index is 873. The maximum atomic E-state index is 12.1. The minimum absolute atomic E-state index is 0.203. The van der Waals surface area contributed by atoms with E-state index in [1.807, 2.05) is 19.1 Å². The van der Waals surface area contributed by atoms with Crippen molar-refractivity contribution >= 4 is 11.7 Å². The third kappa shape index (κ3) is 2.91. The molecule has 0 unspecified atom stereocenters. The highest BCUT2D eigenvalue weighted by molar-refractivity contribution is 5.88. The Morgan fingerprint density at radius 3 is 2.42 bits per heavy atom. The van der Waals surface area contributed by atoms with Crippen LogP contribution in [0.1, 0.15) is 42.1 Å². The maximum Gasteiger partial charge on any atom is 0.341 e. The number of fused-ring (bicyclic) bond motifs is 1. The lowest BCUT2D eigenvalue weighted by molar-refractivity contribution is 0.0695. The zero-order valence-electron chi connectivity index (χ0n) is 15.0. The molecule has 136 valence electrons. The van der Waals surface area contributed by atoms with Crippen LogP contribution in [0.4, 0.5) is 5.69 Å². The molecule has 5 heteroatoms. The molecule has 2 heterocycles. The van der Waals surface area contributed by atoms with Crippen LogP contribution in [0.5, 0.6) is 0 Å². The summed E-state index contributed by atoms with van der Waals surface area (Å²) < 4.78 is 0. The number of H-pyrrole nitrogens is 1. The molecule has 1 aliphatic heterocycles. The minimum atomic E-state index is -1.19. The molecule has 2 aromatic rings. The van der Waals surface area contributed by atoms with Crippen molar-refractivity contribution in [2.45, 2.75) is 32.6 Å². The van der Waals surface area contributed by atoms with Crippen molar-refractivity contribution in [2.24, 2.45) is 11.8 Å². The number of hydrogen-bond acceptors (Lipinski definition) is 3. The summed E-state index contributed by atoms with van der Waals surface area (Å²) in [6.07, 6.45) is 4.75. The van der Waals surface area contributed by atoms with E-state index in [1.54, 1.807) is 0 Å². The van der Waals surface area contributed by atoms with Crippen molar-refractivity contribution in [3.8, 4) is 11.3 Å². The molecular formula is C21H24N2O3. The second kappa shape index (κ2) is 6.63. The Morgan fingerprint density at radius 2 is 1.85 bits per heavy atom. The molecule has 2 fully saturated rings. The van der Waals surface area contributed by atoms with Gasteiger partial charge in [0, 0.05) is 18.8 Å². The zero-order valence-corrected chi connectivity index (χ0v) is 15.0. The van der Waals surface area contributed by atoms with Gasteiger partial charge in [-0.15, -0.1) is 0 Å². The van der Waals surface area contributed by atoms with Gasteiger partial charge < -0.3 is 15.0 Å². The van der Waals surface area contributed by atoms with Gasteiger partial charge in [0.25, 0.3) is 5.56 Å². The fourth-order valence-electron chi connectivity index (χ4n) is 4.55. The van der Waals surface area contributed by atoms with Crippen LogP contribution >= 0.6 is 0 Å². The number of rotatable bonds is 4. The molecule has 26 heavy (non-hydrogen) atoms. The fraction of sp³-hybridized carbons (Fsp3) is 0.429. The Morgan fingerprint density at radius 1 is 1.19 bits per heavy atom. The second-order valence-corrected chi connectivity index (χ2v) is 7.47. The number of carboxylic acids is 1. The normalized spacial score (nSPS) is 21.8. The highest BCUT2D eigenvalue weighted by Gasteiger charge is 2.36. The largest absolute Gasteiger partial charge is 0.477 e. The maximum absolute atomic E-state index is 12.1. The van der Waals surface area contributed by atoms with Crippen molar-refractivity contribution in [1.29, 1.82) is 0 Å². The molecule has 5 nitrogen and oxygen atoms in total. The molecule has 0 radical (unpaired) electrons. The summed E-state index contributed by atoms with van der Waals surface area (Å²) >= 11 is 0.